The van der Waals surface area contributed by atoms with E-state index in [1.54, 1.807) is 31.4 Å². The lowest BCUT2D eigenvalue weighted by atomic mass is 10.1. The number of hydrogen-bond acceptors (Lipinski definition) is 4. The predicted octanol–water partition coefficient (Wildman–Crippen LogP) is 2.23. The highest BCUT2D eigenvalue weighted by Gasteiger charge is 2.09. The minimum absolute atomic E-state index is 0.106. The molecule has 4 heteroatoms. The Labute approximate surface area is 115 Å². The van der Waals surface area contributed by atoms with Crippen molar-refractivity contribution in [2.24, 2.45) is 0 Å². The lowest BCUT2D eigenvalue weighted by molar-refractivity contribution is 0.0619. The van der Waals surface area contributed by atoms with Crippen LogP contribution in [0.1, 0.15) is 24.2 Å². The monoisotopic (exact) mass is 265 g/mol. The Kier molecular flexibility index (Phi) is 6.53. The van der Waals surface area contributed by atoms with E-state index in [1.807, 2.05) is 25.8 Å². The van der Waals surface area contributed by atoms with Crippen LogP contribution in [0.5, 0.6) is 5.75 Å². The number of likely N-dealkylation sites (N-methyl/N-ethyl adjacent to an activating group) is 1. The molecular formula is C15H23NO3. The average Bonchev–Trinajstić information content (AvgIpc) is 2.38. The molecule has 0 radical (unpaired) electrons. The van der Waals surface area contributed by atoms with E-state index in [1.165, 1.54) is 0 Å². The fourth-order valence-electron chi connectivity index (χ4n) is 1.64. The van der Waals surface area contributed by atoms with Gasteiger partial charge in [-0.1, -0.05) is 0 Å². The third-order valence-electron chi connectivity index (χ3n) is 2.75. The molecule has 0 bridgehead atoms. The maximum Gasteiger partial charge on any atom is 0.176 e. The van der Waals surface area contributed by atoms with Crippen molar-refractivity contribution in [1.29, 1.82) is 0 Å². The number of carbonyl (C=O) groups excluding carboxylic acids is 1. The fourth-order valence-corrected chi connectivity index (χ4v) is 1.64. The number of rotatable bonds is 8. The normalized spacial score (nSPS) is 11.1. The first-order chi connectivity index (χ1) is 9.02. The van der Waals surface area contributed by atoms with Crippen molar-refractivity contribution in [2.45, 2.75) is 20.0 Å². The van der Waals surface area contributed by atoms with E-state index in [2.05, 4.69) is 0 Å². The summed E-state index contributed by atoms with van der Waals surface area (Å²) in [6.45, 7) is 5.79. The van der Waals surface area contributed by atoms with Gasteiger partial charge in [-0.2, -0.15) is 0 Å². The Morgan fingerprint density at radius 3 is 2.42 bits per heavy atom. The molecule has 0 N–H and O–H groups in total. The number of hydrogen-bond donors (Lipinski definition) is 0. The number of Topliss-reactive ketones (excluding diaryl/α,β-unsaturated/α-hetero) is 1. The summed E-state index contributed by atoms with van der Waals surface area (Å²) in [5, 5.41) is 0. The Hall–Kier alpha value is -1.39. The third kappa shape index (κ3) is 5.85. The molecule has 0 atom stereocenters. The van der Waals surface area contributed by atoms with Crippen LogP contribution >= 0.6 is 0 Å². The van der Waals surface area contributed by atoms with Crippen LogP contribution in [0, 0.1) is 0 Å². The predicted molar refractivity (Wildman–Crippen MR) is 75.9 cm³/mol. The van der Waals surface area contributed by atoms with Crippen LogP contribution in [0.15, 0.2) is 24.3 Å². The molecule has 0 amide bonds. The molecule has 0 spiro atoms. The molecule has 0 aliphatic heterocycles. The smallest absolute Gasteiger partial charge is 0.176 e. The van der Waals surface area contributed by atoms with E-state index in [0.29, 0.717) is 18.7 Å². The summed E-state index contributed by atoms with van der Waals surface area (Å²) in [5.41, 5.74) is 0.706. The Morgan fingerprint density at radius 1 is 1.26 bits per heavy atom. The van der Waals surface area contributed by atoms with E-state index in [0.717, 1.165) is 12.3 Å². The van der Waals surface area contributed by atoms with Crippen molar-refractivity contribution in [1.82, 2.24) is 4.90 Å². The molecule has 19 heavy (non-hydrogen) atoms. The van der Waals surface area contributed by atoms with Gasteiger partial charge < -0.3 is 9.47 Å². The highest BCUT2D eigenvalue weighted by molar-refractivity contribution is 5.97. The van der Waals surface area contributed by atoms with Crippen molar-refractivity contribution in [3.8, 4) is 5.75 Å². The van der Waals surface area contributed by atoms with Gasteiger partial charge >= 0.3 is 0 Å². The van der Waals surface area contributed by atoms with Crippen LogP contribution in [0.25, 0.3) is 0 Å². The second-order valence-corrected chi connectivity index (χ2v) is 4.81. The average molecular weight is 265 g/mol. The van der Waals surface area contributed by atoms with Crippen LogP contribution in [-0.4, -0.2) is 50.6 Å². The number of carbonyl (C=O) groups is 1. The van der Waals surface area contributed by atoms with Gasteiger partial charge in [0.05, 0.1) is 26.4 Å². The molecular weight excluding hydrogens is 242 g/mol. The van der Waals surface area contributed by atoms with Crippen LogP contribution < -0.4 is 4.74 Å². The van der Waals surface area contributed by atoms with E-state index in [-0.39, 0.29) is 11.9 Å². The van der Waals surface area contributed by atoms with Gasteiger partial charge in [0.1, 0.15) is 5.75 Å². The molecule has 1 aromatic carbocycles. The quantitative estimate of drug-likeness (QED) is 0.676. The highest BCUT2D eigenvalue weighted by Crippen LogP contribution is 2.11. The van der Waals surface area contributed by atoms with Gasteiger partial charge in [-0.15, -0.1) is 0 Å². The number of ether oxygens (including phenoxy) is 2. The molecule has 0 aliphatic carbocycles. The molecule has 0 aromatic heterocycles. The maximum atomic E-state index is 12.0. The number of benzene rings is 1. The SMILES string of the molecule is COc1ccc(C(=O)CN(C)CCOC(C)C)cc1. The van der Waals surface area contributed by atoms with Crippen molar-refractivity contribution in [2.75, 3.05) is 33.9 Å². The topological polar surface area (TPSA) is 38.8 Å². The summed E-state index contributed by atoms with van der Waals surface area (Å²) in [5.74, 6) is 0.866. The summed E-state index contributed by atoms with van der Waals surface area (Å²) in [6, 6.07) is 7.18. The lowest BCUT2D eigenvalue weighted by Crippen LogP contribution is -2.29. The van der Waals surface area contributed by atoms with Crippen molar-refractivity contribution < 1.29 is 14.3 Å². The van der Waals surface area contributed by atoms with Crippen molar-refractivity contribution >= 4 is 5.78 Å². The summed E-state index contributed by atoms with van der Waals surface area (Å²) in [7, 11) is 3.53. The summed E-state index contributed by atoms with van der Waals surface area (Å²) >= 11 is 0. The number of methoxy groups -OCH3 is 1. The van der Waals surface area contributed by atoms with Crippen molar-refractivity contribution in [3.63, 3.8) is 0 Å². The van der Waals surface area contributed by atoms with Crippen LogP contribution in [0.4, 0.5) is 0 Å². The first-order valence-corrected chi connectivity index (χ1v) is 6.50. The minimum Gasteiger partial charge on any atom is -0.497 e. The van der Waals surface area contributed by atoms with Crippen LogP contribution in [0.2, 0.25) is 0 Å². The zero-order chi connectivity index (χ0) is 14.3. The molecule has 106 valence electrons. The molecule has 0 fully saturated rings. The Morgan fingerprint density at radius 2 is 1.89 bits per heavy atom. The molecule has 0 aliphatic rings. The molecule has 1 rings (SSSR count). The minimum atomic E-state index is 0.106. The van der Waals surface area contributed by atoms with Gasteiger partial charge in [0.25, 0.3) is 0 Å². The van der Waals surface area contributed by atoms with E-state index in [4.69, 9.17) is 9.47 Å². The van der Waals surface area contributed by atoms with Gasteiger partial charge in [-0.3, -0.25) is 9.69 Å². The van der Waals surface area contributed by atoms with Crippen LogP contribution in [0.3, 0.4) is 0 Å². The third-order valence-corrected chi connectivity index (χ3v) is 2.75. The summed E-state index contributed by atoms with van der Waals surface area (Å²) < 4.78 is 10.5. The van der Waals surface area contributed by atoms with Gasteiger partial charge in [0, 0.05) is 12.1 Å². The molecule has 0 heterocycles. The number of nitrogens with zero attached hydrogens (tertiary/aromatic N) is 1. The Bertz CT molecular complexity index is 387. The van der Waals surface area contributed by atoms with E-state index in [9.17, 15) is 4.79 Å². The second kappa shape index (κ2) is 7.92. The number of ketones is 1. The van der Waals surface area contributed by atoms with Crippen LogP contribution in [-0.2, 0) is 4.74 Å². The van der Waals surface area contributed by atoms with Gasteiger partial charge in [-0.05, 0) is 45.2 Å². The first kappa shape index (κ1) is 15.7. The molecule has 0 saturated heterocycles. The second-order valence-electron chi connectivity index (χ2n) is 4.81. The molecule has 0 saturated carbocycles. The van der Waals surface area contributed by atoms with Gasteiger partial charge in [-0.25, -0.2) is 0 Å². The standard InChI is InChI=1S/C15H23NO3/c1-12(2)19-10-9-16(3)11-15(17)13-5-7-14(18-4)8-6-13/h5-8,12H,9-11H2,1-4H3. The molecule has 0 unspecified atom stereocenters. The maximum absolute atomic E-state index is 12.0. The Balaban J connectivity index is 2.40. The van der Waals surface area contributed by atoms with Gasteiger partial charge in [0.15, 0.2) is 5.78 Å². The summed E-state index contributed by atoms with van der Waals surface area (Å²) in [4.78, 5) is 14.0. The zero-order valence-corrected chi connectivity index (χ0v) is 12.2. The first-order valence-electron chi connectivity index (χ1n) is 6.50. The highest BCUT2D eigenvalue weighted by atomic mass is 16.5. The fraction of sp³-hybridized carbons (Fsp3) is 0.533. The molecule has 4 nitrogen and oxygen atoms in total. The van der Waals surface area contributed by atoms with E-state index < -0.39 is 0 Å². The van der Waals surface area contributed by atoms with Gasteiger partial charge in [0.2, 0.25) is 0 Å². The largest absolute Gasteiger partial charge is 0.497 e. The lowest BCUT2D eigenvalue weighted by Gasteiger charge is -2.16. The van der Waals surface area contributed by atoms with Crippen molar-refractivity contribution in [3.05, 3.63) is 29.8 Å². The summed E-state index contributed by atoms with van der Waals surface area (Å²) in [6.07, 6.45) is 0.227. The molecule has 1 aromatic rings. The zero-order valence-electron chi connectivity index (χ0n) is 12.2. The van der Waals surface area contributed by atoms with E-state index >= 15 is 0 Å².